The van der Waals surface area contributed by atoms with Gasteiger partial charge >= 0.3 is 0 Å². The minimum Gasteiger partial charge on any atom is -0.503 e. The van der Waals surface area contributed by atoms with E-state index in [1.807, 2.05) is 0 Å². The zero-order valence-corrected chi connectivity index (χ0v) is 15.3. The Morgan fingerprint density at radius 3 is 2.77 bits per heavy atom. The van der Waals surface area contributed by atoms with Crippen LogP contribution >= 0.6 is 22.9 Å². The highest BCUT2D eigenvalue weighted by Gasteiger charge is 2.48. The van der Waals surface area contributed by atoms with Gasteiger partial charge < -0.3 is 9.84 Å². The summed E-state index contributed by atoms with van der Waals surface area (Å²) < 4.78 is 5.17. The summed E-state index contributed by atoms with van der Waals surface area (Å²) in [7, 11) is 1.50. The van der Waals surface area contributed by atoms with Gasteiger partial charge in [-0.2, -0.15) is 0 Å². The molecule has 0 bridgehead atoms. The summed E-state index contributed by atoms with van der Waals surface area (Å²) in [5.74, 6) is -1.08. The van der Waals surface area contributed by atoms with Gasteiger partial charge in [0.1, 0.15) is 11.3 Å². The molecule has 26 heavy (non-hydrogen) atoms. The number of carbonyl (C=O) groups is 2. The molecule has 1 atom stereocenters. The van der Waals surface area contributed by atoms with Crippen molar-refractivity contribution in [3.8, 4) is 5.75 Å². The minimum atomic E-state index is -0.799. The van der Waals surface area contributed by atoms with E-state index < -0.39 is 17.7 Å². The molecule has 1 aromatic heterocycles. The summed E-state index contributed by atoms with van der Waals surface area (Å²) in [6, 6.07) is 4.21. The van der Waals surface area contributed by atoms with Gasteiger partial charge in [-0.3, -0.25) is 14.5 Å². The number of rotatable bonds is 5. The third-order valence-electron chi connectivity index (χ3n) is 4.47. The molecule has 1 aliphatic carbocycles. The van der Waals surface area contributed by atoms with Crippen LogP contribution in [0, 0.1) is 5.92 Å². The second kappa shape index (κ2) is 6.37. The Hall–Kier alpha value is -2.45. The number of aromatic nitrogens is 2. The van der Waals surface area contributed by atoms with Crippen LogP contribution in [0.3, 0.4) is 0 Å². The van der Waals surface area contributed by atoms with Crippen LogP contribution in [0.2, 0.25) is 5.02 Å². The molecular weight excluding hydrogens is 378 g/mol. The Balaban J connectivity index is 1.85. The fraction of sp³-hybridized carbons (Fsp3) is 0.294. The second-order valence-electron chi connectivity index (χ2n) is 6.09. The number of Topliss-reactive ketones (excluding diaryl/α,β-unsaturated/α-hetero) is 1. The normalized spacial score (nSPS) is 20.0. The first kappa shape index (κ1) is 17.0. The van der Waals surface area contributed by atoms with E-state index in [2.05, 4.69) is 10.2 Å². The molecule has 2 aliphatic rings. The van der Waals surface area contributed by atoms with Gasteiger partial charge in [0.2, 0.25) is 5.13 Å². The lowest BCUT2D eigenvalue weighted by Crippen LogP contribution is -2.31. The second-order valence-corrected chi connectivity index (χ2v) is 7.31. The van der Waals surface area contributed by atoms with Crippen LogP contribution in [0.15, 0.2) is 35.0 Å². The summed E-state index contributed by atoms with van der Waals surface area (Å²) >= 11 is 7.39. The summed E-state index contributed by atoms with van der Waals surface area (Å²) in [5.41, 5.74) is 2.17. The van der Waals surface area contributed by atoms with E-state index in [1.165, 1.54) is 17.5 Å². The Morgan fingerprint density at radius 1 is 1.42 bits per heavy atom. The predicted octanol–water partition coefficient (Wildman–Crippen LogP) is 3.08. The Morgan fingerprint density at radius 2 is 2.19 bits per heavy atom. The molecule has 9 heteroatoms. The number of aliphatic hydroxyl groups is 1. The zero-order valence-electron chi connectivity index (χ0n) is 13.7. The molecule has 0 saturated heterocycles. The number of aliphatic hydroxyl groups excluding tert-OH is 1. The van der Waals surface area contributed by atoms with E-state index >= 15 is 0 Å². The van der Waals surface area contributed by atoms with E-state index in [1.54, 1.807) is 18.2 Å². The molecular formula is C17H14ClN3O4S. The molecule has 1 saturated carbocycles. The first-order valence-electron chi connectivity index (χ1n) is 7.93. The topological polar surface area (TPSA) is 92.6 Å². The minimum absolute atomic E-state index is 0.0916. The number of ketones is 1. The van der Waals surface area contributed by atoms with Gasteiger partial charge in [0.25, 0.3) is 5.91 Å². The predicted molar refractivity (Wildman–Crippen MR) is 95.5 cm³/mol. The summed E-state index contributed by atoms with van der Waals surface area (Å²) in [5, 5.41) is 18.8. The molecule has 1 aromatic carbocycles. The van der Waals surface area contributed by atoms with Crippen LogP contribution in [-0.4, -0.2) is 34.1 Å². The van der Waals surface area contributed by atoms with Gasteiger partial charge in [-0.15, -0.1) is 10.2 Å². The Kier molecular flexibility index (Phi) is 4.16. The molecule has 7 nitrogen and oxygen atoms in total. The maximum atomic E-state index is 12.8. The first-order chi connectivity index (χ1) is 12.5. The summed E-state index contributed by atoms with van der Waals surface area (Å²) in [6.07, 6.45) is 1.53. The average molecular weight is 392 g/mol. The largest absolute Gasteiger partial charge is 0.503 e. The van der Waals surface area contributed by atoms with Crippen LogP contribution in [0.4, 0.5) is 5.13 Å². The van der Waals surface area contributed by atoms with Crippen molar-refractivity contribution in [1.82, 2.24) is 10.2 Å². The van der Waals surface area contributed by atoms with E-state index in [-0.39, 0.29) is 17.3 Å². The van der Waals surface area contributed by atoms with Crippen LogP contribution < -0.4 is 9.64 Å². The Bertz CT molecular complexity index is 924. The van der Waals surface area contributed by atoms with Crippen molar-refractivity contribution in [2.75, 3.05) is 12.0 Å². The quantitative estimate of drug-likeness (QED) is 0.841. The number of benzene rings is 1. The van der Waals surface area contributed by atoms with Crippen LogP contribution in [-0.2, 0) is 9.59 Å². The number of hydrogen-bond acceptors (Lipinski definition) is 7. The molecule has 0 radical (unpaired) electrons. The van der Waals surface area contributed by atoms with Crippen molar-refractivity contribution in [2.24, 2.45) is 5.92 Å². The first-order valence-corrected chi connectivity index (χ1v) is 9.19. The van der Waals surface area contributed by atoms with Crippen molar-refractivity contribution < 1.29 is 19.4 Å². The van der Waals surface area contributed by atoms with Gasteiger partial charge in [0.05, 0.1) is 23.7 Å². The van der Waals surface area contributed by atoms with Crippen molar-refractivity contribution in [3.63, 3.8) is 0 Å². The SMILES string of the molecule is COc1ccc(C2C(C(=O)C3CC3)=C(O)C(=O)N2c2nncs2)cc1Cl. The Labute approximate surface area is 157 Å². The highest BCUT2D eigenvalue weighted by Crippen LogP contribution is 2.46. The van der Waals surface area contributed by atoms with Gasteiger partial charge in [0, 0.05) is 5.92 Å². The molecule has 1 aliphatic heterocycles. The molecule has 2 aromatic rings. The number of hydrogen-bond donors (Lipinski definition) is 1. The third-order valence-corrected chi connectivity index (χ3v) is 5.45. The highest BCUT2D eigenvalue weighted by atomic mass is 35.5. The van der Waals surface area contributed by atoms with Gasteiger partial charge in [0.15, 0.2) is 11.5 Å². The molecule has 134 valence electrons. The van der Waals surface area contributed by atoms with E-state index in [4.69, 9.17) is 16.3 Å². The molecule has 1 N–H and O–H groups in total. The molecule has 1 amide bonds. The van der Waals surface area contributed by atoms with Crippen LogP contribution in [0.1, 0.15) is 24.4 Å². The highest BCUT2D eigenvalue weighted by molar-refractivity contribution is 7.13. The number of nitrogens with zero attached hydrogens (tertiary/aromatic N) is 3. The molecule has 1 unspecified atom stereocenters. The van der Waals surface area contributed by atoms with Crippen molar-refractivity contribution in [3.05, 3.63) is 45.6 Å². The standard InChI is InChI=1S/C17H14ClN3O4S/c1-25-11-5-4-9(6-10(11)18)13-12(14(22)8-2-3-8)15(23)16(24)21(13)17-20-19-7-26-17/h4-8,13,23H,2-3H2,1H3. The van der Waals surface area contributed by atoms with E-state index in [0.29, 0.717) is 21.5 Å². The molecule has 1 fully saturated rings. The fourth-order valence-electron chi connectivity index (χ4n) is 3.06. The van der Waals surface area contributed by atoms with E-state index in [0.717, 1.165) is 24.2 Å². The number of halogens is 1. The number of anilines is 1. The lowest BCUT2D eigenvalue weighted by Gasteiger charge is -2.24. The molecule has 0 spiro atoms. The van der Waals surface area contributed by atoms with Crippen LogP contribution in [0.5, 0.6) is 5.75 Å². The monoisotopic (exact) mass is 391 g/mol. The number of methoxy groups -OCH3 is 1. The van der Waals surface area contributed by atoms with E-state index in [9.17, 15) is 14.7 Å². The number of carbonyl (C=O) groups excluding carboxylic acids is 2. The summed E-state index contributed by atoms with van der Waals surface area (Å²) in [4.78, 5) is 26.8. The summed E-state index contributed by atoms with van der Waals surface area (Å²) in [6.45, 7) is 0. The fourth-order valence-corrected chi connectivity index (χ4v) is 3.91. The lowest BCUT2D eigenvalue weighted by atomic mass is 9.94. The molecule has 2 heterocycles. The van der Waals surface area contributed by atoms with Crippen molar-refractivity contribution in [2.45, 2.75) is 18.9 Å². The maximum Gasteiger partial charge on any atom is 0.296 e. The maximum absolute atomic E-state index is 12.8. The third kappa shape index (κ3) is 2.65. The van der Waals surface area contributed by atoms with Crippen molar-refractivity contribution >= 4 is 39.8 Å². The number of amides is 1. The number of ether oxygens (including phenoxy) is 1. The lowest BCUT2D eigenvalue weighted by molar-refractivity contribution is -0.118. The molecule has 4 rings (SSSR count). The smallest absolute Gasteiger partial charge is 0.296 e. The van der Waals surface area contributed by atoms with Crippen molar-refractivity contribution in [1.29, 1.82) is 0 Å². The average Bonchev–Trinajstić information content (AvgIpc) is 3.29. The zero-order chi connectivity index (χ0) is 18.4. The van der Waals surface area contributed by atoms with Crippen LogP contribution in [0.25, 0.3) is 0 Å². The van der Waals surface area contributed by atoms with Gasteiger partial charge in [-0.25, -0.2) is 0 Å². The van der Waals surface area contributed by atoms with Gasteiger partial charge in [-0.05, 0) is 30.5 Å². The van der Waals surface area contributed by atoms with Gasteiger partial charge in [-0.1, -0.05) is 29.0 Å².